The van der Waals surface area contributed by atoms with E-state index < -0.39 is 15.7 Å². The van der Waals surface area contributed by atoms with E-state index in [4.69, 9.17) is 9.84 Å². The summed E-state index contributed by atoms with van der Waals surface area (Å²) in [5.41, 5.74) is 0.333. The zero-order valence-corrected chi connectivity index (χ0v) is 11.6. The molecular formula is C15H11FO4S. The largest absolute Gasteiger partial charge is 0.508 e. The molecular weight excluding hydrogens is 295 g/mol. The lowest BCUT2D eigenvalue weighted by molar-refractivity contribution is 0.358. The summed E-state index contributed by atoms with van der Waals surface area (Å²) in [5, 5.41) is 9.16. The van der Waals surface area contributed by atoms with Gasteiger partial charge in [0.15, 0.2) is 0 Å². The molecule has 2 aromatic carbocycles. The van der Waals surface area contributed by atoms with Crippen LogP contribution in [0.3, 0.4) is 0 Å². The lowest BCUT2D eigenvalue weighted by Gasteiger charge is -2.07. The lowest BCUT2D eigenvalue weighted by atomic mass is 10.2. The Labute approximate surface area is 121 Å². The summed E-state index contributed by atoms with van der Waals surface area (Å²) < 4.78 is 43.6. The molecule has 0 fully saturated rings. The fourth-order valence-electron chi connectivity index (χ4n) is 2.12. The number of phenols is 1. The molecule has 108 valence electrons. The predicted octanol–water partition coefficient (Wildman–Crippen LogP) is 2.74. The molecule has 0 atom stereocenters. The number of benzene rings is 2. The van der Waals surface area contributed by atoms with Crippen molar-refractivity contribution < 1.29 is 22.7 Å². The molecule has 1 aliphatic heterocycles. The number of ether oxygens (including phenoxy) is 1. The number of aromatic hydroxyl groups is 1. The van der Waals surface area contributed by atoms with Gasteiger partial charge in [-0.05, 0) is 42.0 Å². The van der Waals surface area contributed by atoms with Gasteiger partial charge in [-0.15, -0.1) is 0 Å². The third-order valence-corrected chi connectivity index (χ3v) is 5.04. The van der Waals surface area contributed by atoms with Crippen LogP contribution in [-0.2, 0) is 9.84 Å². The average Bonchev–Trinajstić information content (AvgIpc) is 2.70. The van der Waals surface area contributed by atoms with Crippen LogP contribution in [0.15, 0.2) is 52.3 Å². The van der Waals surface area contributed by atoms with E-state index in [0.717, 1.165) is 6.07 Å². The first-order valence-electron chi connectivity index (χ1n) is 6.14. The summed E-state index contributed by atoms with van der Waals surface area (Å²) in [4.78, 5) is -0.287. The molecule has 3 rings (SSSR count). The van der Waals surface area contributed by atoms with E-state index >= 15 is 0 Å². The number of rotatable bonds is 3. The minimum atomic E-state index is -3.84. The molecule has 0 saturated carbocycles. The van der Waals surface area contributed by atoms with E-state index in [0.29, 0.717) is 11.3 Å². The van der Waals surface area contributed by atoms with Gasteiger partial charge in [-0.2, -0.15) is 0 Å². The van der Waals surface area contributed by atoms with Crippen molar-refractivity contribution in [1.82, 2.24) is 0 Å². The molecule has 2 aromatic rings. The van der Waals surface area contributed by atoms with Gasteiger partial charge in [0, 0.05) is 0 Å². The summed E-state index contributed by atoms with van der Waals surface area (Å²) in [6.45, 7) is -0.193. The van der Waals surface area contributed by atoms with Gasteiger partial charge in [0.2, 0.25) is 9.84 Å². The minimum Gasteiger partial charge on any atom is -0.508 e. The van der Waals surface area contributed by atoms with E-state index in [2.05, 4.69) is 0 Å². The second-order valence-corrected chi connectivity index (χ2v) is 6.49. The maximum Gasteiger partial charge on any atom is 0.209 e. The maximum atomic E-state index is 13.7. The van der Waals surface area contributed by atoms with E-state index in [-0.39, 0.29) is 22.2 Å². The van der Waals surface area contributed by atoms with Crippen molar-refractivity contribution in [2.75, 3.05) is 6.61 Å². The second kappa shape index (κ2) is 4.89. The standard InChI is InChI=1S/C15H11FO4S/c16-14-3-1-2-10-8-13(21(18,19)15(10)14)9-20-12-6-4-11(17)5-7-12/h1-8,17H,9H2. The van der Waals surface area contributed by atoms with Gasteiger partial charge in [0.05, 0.1) is 4.91 Å². The van der Waals surface area contributed by atoms with E-state index in [1.165, 1.54) is 36.4 Å². The van der Waals surface area contributed by atoms with Crippen LogP contribution < -0.4 is 4.74 Å². The van der Waals surface area contributed by atoms with Gasteiger partial charge in [0.1, 0.15) is 28.8 Å². The third-order valence-electron chi connectivity index (χ3n) is 3.15. The summed E-state index contributed by atoms with van der Waals surface area (Å²) in [6.07, 6.45) is 1.41. The van der Waals surface area contributed by atoms with Crippen LogP contribution in [0, 0.1) is 5.82 Å². The Morgan fingerprint density at radius 2 is 1.81 bits per heavy atom. The van der Waals surface area contributed by atoms with Crippen molar-refractivity contribution in [2.24, 2.45) is 0 Å². The number of fused-ring (bicyclic) bond motifs is 1. The van der Waals surface area contributed by atoms with Crippen molar-refractivity contribution in [3.05, 3.63) is 58.8 Å². The van der Waals surface area contributed by atoms with Gasteiger partial charge in [-0.3, -0.25) is 0 Å². The highest BCUT2D eigenvalue weighted by Crippen LogP contribution is 2.34. The monoisotopic (exact) mass is 306 g/mol. The average molecular weight is 306 g/mol. The molecule has 21 heavy (non-hydrogen) atoms. The first-order valence-corrected chi connectivity index (χ1v) is 7.63. The molecule has 1 aliphatic rings. The number of hydrogen-bond acceptors (Lipinski definition) is 4. The number of halogens is 1. The molecule has 0 spiro atoms. The van der Waals surface area contributed by atoms with Crippen LogP contribution in [0.25, 0.3) is 6.08 Å². The quantitative estimate of drug-likeness (QED) is 0.947. The molecule has 0 amide bonds. The fraction of sp³-hybridized carbons (Fsp3) is 0.0667. The highest BCUT2D eigenvalue weighted by molar-refractivity contribution is 7.95. The molecule has 0 radical (unpaired) electrons. The summed E-state index contributed by atoms with van der Waals surface area (Å²) in [6, 6.07) is 10.0. The fourth-order valence-corrected chi connectivity index (χ4v) is 3.64. The Kier molecular flexibility index (Phi) is 3.17. The van der Waals surface area contributed by atoms with Crippen molar-refractivity contribution in [3.8, 4) is 11.5 Å². The molecule has 0 aliphatic carbocycles. The molecule has 0 aromatic heterocycles. The topological polar surface area (TPSA) is 63.6 Å². The highest BCUT2D eigenvalue weighted by Gasteiger charge is 2.32. The van der Waals surface area contributed by atoms with Crippen molar-refractivity contribution >= 4 is 15.9 Å². The molecule has 1 heterocycles. The molecule has 0 unspecified atom stereocenters. The van der Waals surface area contributed by atoms with Crippen LogP contribution in [-0.4, -0.2) is 20.1 Å². The summed E-state index contributed by atoms with van der Waals surface area (Å²) >= 11 is 0. The second-order valence-electron chi connectivity index (χ2n) is 4.55. The van der Waals surface area contributed by atoms with Gasteiger partial charge in [-0.25, -0.2) is 12.8 Å². The van der Waals surface area contributed by atoms with Gasteiger partial charge in [-0.1, -0.05) is 12.1 Å². The van der Waals surface area contributed by atoms with E-state index in [9.17, 15) is 12.8 Å². The van der Waals surface area contributed by atoms with Crippen molar-refractivity contribution in [1.29, 1.82) is 0 Å². The molecule has 6 heteroatoms. The Balaban J connectivity index is 1.85. The van der Waals surface area contributed by atoms with Crippen molar-refractivity contribution in [2.45, 2.75) is 4.90 Å². The normalized spacial score (nSPS) is 15.4. The van der Waals surface area contributed by atoms with E-state index in [1.54, 1.807) is 6.07 Å². The molecule has 1 N–H and O–H groups in total. The first-order chi connectivity index (χ1) is 9.98. The number of phenolic OH excluding ortho intramolecular Hbond substituents is 1. The smallest absolute Gasteiger partial charge is 0.209 e. The molecule has 4 nitrogen and oxygen atoms in total. The zero-order chi connectivity index (χ0) is 15.0. The van der Waals surface area contributed by atoms with Gasteiger partial charge >= 0.3 is 0 Å². The minimum absolute atomic E-state index is 0.00988. The third kappa shape index (κ3) is 2.38. The van der Waals surface area contributed by atoms with Gasteiger partial charge < -0.3 is 9.84 Å². The van der Waals surface area contributed by atoms with E-state index in [1.807, 2.05) is 0 Å². The Bertz CT molecular complexity index is 823. The first kappa shape index (κ1) is 13.6. The predicted molar refractivity (Wildman–Crippen MR) is 75.2 cm³/mol. The summed E-state index contributed by atoms with van der Waals surface area (Å²) in [5.74, 6) is -0.256. The zero-order valence-electron chi connectivity index (χ0n) is 10.8. The lowest BCUT2D eigenvalue weighted by Crippen LogP contribution is -2.10. The number of sulfone groups is 1. The van der Waals surface area contributed by atoms with Crippen LogP contribution in [0.4, 0.5) is 4.39 Å². The van der Waals surface area contributed by atoms with Gasteiger partial charge in [0.25, 0.3) is 0 Å². The van der Waals surface area contributed by atoms with Crippen LogP contribution in [0.1, 0.15) is 5.56 Å². The SMILES string of the molecule is O=S1(=O)C(COc2ccc(O)cc2)=Cc2cccc(F)c21. The maximum absolute atomic E-state index is 13.7. The number of hydrogen-bond donors (Lipinski definition) is 1. The van der Waals surface area contributed by atoms with Crippen LogP contribution in [0.2, 0.25) is 0 Å². The Morgan fingerprint density at radius 1 is 1.10 bits per heavy atom. The van der Waals surface area contributed by atoms with Crippen LogP contribution in [0.5, 0.6) is 11.5 Å². The van der Waals surface area contributed by atoms with Crippen molar-refractivity contribution in [3.63, 3.8) is 0 Å². The summed E-state index contributed by atoms with van der Waals surface area (Å²) in [7, 11) is -3.84. The molecule has 0 saturated heterocycles. The Hall–Kier alpha value is -2.34. The molecule has 0 bridgehead atoms. The Morgan fingerprint density at radius 3 is 2.48 bits per heavy atom. The van der Waals surface area contributed by atoms with Crippen LogP contribution >= 0.6 is 0 Å². The highest BCUT2D eigenvalue weighted by atomic mass is 32.2.